The van der Waals surface area contributed by atoms with E-state index < -0.39 is 0 Å². The van der Waals surface area contributed by atoms with Crippen LogP contribution in [-0.4, -0.2) is 48.4 Å². The van der Waals surface area contributed by atoms with Crippen molar-refractivity contribution in [2.45, 2.75) is 45.9 Å². The summed E-state index contributed by atoms with van der Waals surface area (Å²) in [5, 5.41) is 3.53. The first-order valence-electron chi connectivity index (χ1n) is 7.99. The zero-order valence-electron chi connectivity index (χ0n) is 13.1. The van der Waals surface area contributed by atoms with E-state index in [2.05, 4.69) is 54.0 Å². The summed E-state index contributed by atoms with van der Waals surface area (Å²) < 4.78 is 8.16. The molecule has 2 rings (SSSR count). The monoisotopic (exact) mass is 279 g/mol. The molecular weight excluding hydrogens is 250 g/mol. The topological polar surface area (TPSA) is 29.4 Å². The SMILES string of the molecule is CCNC(CC)c1ccn(CC2CN(CC)CCO2)c1. The van der Waals surface area contributed by atoms with Crippen LogP contribution < -0.4 is 5.32 Å². The lowest BCUT2D eigenvalue weighted by molar-refractivity contribution is -0.0342. The predicted octanol–water partition coefficient (Wildman–Crippen LogP) is 2.27. The van der Waals surface area contributed by atoms with Gasteiger partial charge in [-0.1, -0.05) is 20.8 Å². The Balaban J connectivity index is 1.91. The molecule has 0 bridgehead atoms. The van der Waals surface area contributed by atoms with Crippen molar-refractivity contribution in [2.24, 2.45) is 0 Å². The fourth-order valence-electron chi connectivity index (χ4n) is 2.94. The Kier molecular flexibility index (Phi) is 6.07. The van der Waals surface area contributed by atoms with E-state index in [1.165, 1.54) is 5.56 Å². The molecule has 1 aromatic heterocycles. The first kappa shape index (κ1) is 15.5. The molecule has 1 N–H and O–H groups in total. The Labute approximate surface area is 123 Å². The van der Waals surface area contributed by atoms with Crippen molar-refractivity contribution in [2.75, 3.05) is 32.8 Å². The molecule has 2 unspecified atom stereocenters. The Bertz CT molecular complexity index is 391. The van der Waals surface area contributed by atoms with Crippen LogP contribution in [0.5, 0.6) is 0 Å². The molecule has 0 spiro atoms. The standard InChI is InChI=1S/C16H29N3O/c1-4-16(17-5-2)14-7-8-19(11-14)13-15-12-18(6-3)9-10-20-15/h7-8,11,15-17H,4-6,9-10,12-13H2,1-3H3. The molecule has 1 aliphatic rings. The van der Waals surface area contributed by atoms with Gasteiger partial charge in [0.25, 0.3) is 0 Å². The van der Waals surface area contributed by atoms with Gasteiger partial charge in [-0.2, -0.15) is 0 Å². The van der Waals surface area contributed by atoms with Crippen LogP contribution in [0, 0.1) is 0 Å². The molecule has 1 fully saturated rings. The second-order valence-corrected chi connectivity index (χ2v) is 5.55. The molecule has 0 amide bonds. The molecular formula is C16H29N3O. The van der Waals surface area contributed by atoms with Crippen LogP contribution in [0.25, 0.3) is 0 Å². The molecule has 2 atom stereocenters. The third-order valence-corrected chi connectivity index (χ3v) is 4.12. The van der Waals surface area contributed by atoms with Crippen molar-refractivity contribution in [3.63, 3.8) is 0 Å². The smallest absolute Gasteiger partial charge is 0.0880 e. The van der Waals surface area contributed by atoms with Crippen molar-refractivity contribution in [3.8, 4) is 0 Å². The molecule has 114 valence electrons. The molecule has 20 heavy (non-hydrogen) atoms. The lowest BCUT2D eigenvalue weighted by atomic mass is 10.1. The van der Waals surface area contributed by atoms with Crippen molar-refractivity contribution in [1.82, 2.24) is 14.8 Å². The van der Waals surface area contributed by atoms with Crippen LogP contribution >= 0.6 is 0 Å². The Morgan fingerprint density at radius 1 is 1.40 bits per heavy atom. The number of morpholine rings is 1. The van der Waals surface area contributed by atoms with Crippen molar-refractivity contribution in [3.05, 3.63) is 24.0 Å². The van der Waals surface area contributed by atoms with Crippen LogP contribution in [0.3, 0.4) is 0 Å². The lowest BCUT2D eigenvalue weighted by Crippen LogP contribution is -2.43. The van der Waals surface area contributed by atoms with Crippen molar-refractivity contribution >= 4 is 0 Å². The summed E-state index contributed by atoms with van der Waals surface area (Å²) in [5.41, 5.74) is 1.39. The van der Waals surface area contributed by atoms with E-state index in [1.807, 2.05) is 0 Å². The van der Waals surface area contributed by atoms with Gasteiger partial charge in [-0.15, -0.1) is 0 Å². The minimum Gasteiger partial charge on any atom is -0.374 e. The summed E-state index contributed by atoms with van der Waals surface area (Å²) in [6.07, 6.45) is 5.90. The highest BCUT2D eigenvalue weighted by molar-refractivity contribution is 5.15. The molecule has 1 aliphatic heterocycles. The molecule has 0 aromatic carbocycles. The maximum absolute atomic E-state index is 5.88. The molecule has 4 nitrogen and oxygen atoms in total. The Hall–Kier alpha value is -0.840. The largest absolute Gasteiger partial charge is 0.374 e. The fourth-order valence-corrected chi connectivity index (χ4v) is 2.94. The van der Waals surface area contributed by atoms with Crippen LogP contribution in [-0.2, 0) is 11.3 Å². The highest BCUT2D eigenvalue weighted by Gasteiger charge is 2.19. The molecule has 1 aromatic rings. The van der Waals surface area contributed by atoms with E-state index >= 15 is 0 Å². The maximum Gasteiger partial charge on any atom is 0.0880 e. The summed E-state index contributed by atoms with van der Waals surface area (Å²) >= 11 is 0. The lowest BCUT2D eigenvalue weighted by Gasteiger charge is -2.32. The van der Waals surface area contributed by atoms with Gasteiger partial charge in [0, 0.05) is 38.1 Å². The van der Waals surface area contributed by atoms with Gasteiger partial charge in [0.05, 0.1) is 12.7 Å². The highest BCUT2D eigenvalue weighted by atomic mass is 16.5. The molecule has 2 heterocycles. The predicted molar refractivity (Wildman–Crippen MR) is 83.0 cm³/mol. The van der Waals surface area contributed by atoms with Gasteiger partial charge in [-0.3, -0.25) is 4.90 Å². The third-order valence-electron chi connectivity index (χ3n) is 4.12. The Morgan fingerprint density at radius 3 is 2.95 bits per heavy atom. The second kappa shape index (κ2) is 7.81. The number of aromatic nitrogens is 1. The van der Waals surface area contributed by atoms with Crippen molar-refractivity contribution in [1.29, 1.82) is 0 Å². The average Bonchev–Trinajstić information content (AvgIpc) is 2.93. The summed E-state index contributed by atoms with van der Waals surface area (Å²) in [4.78, 5) is 2.46. The number of likely N-dealkylation sites (N-methyl/N-ethyl adjacent to an activating group) is 1. The minimum atomic E-state index is 0.322. The minimum absolute atomic E-state index is 0.322. The van der Waals surface area contributed by atoms with Gasteiger partial charge in [-0.05, 0) is 31.1 Å². The summed E-state index contributed by atoms with van der Waals surface area (Å²) in [5.74, 6) is 0. The number of nitrogens with zero attached hydrogens (tertiary/aromatic N) is 2. The molecule has 0 aliphatic carbocycles. The number of rotatable bonds is 7. The first-order valence-corrected chi connectivity index (χ1v) is 7.99. The van der Waals surface area contributed by atoms with Gasteiger partial charge in [0.1, 0.15) is 0 Å². The van der Waals surface area contributed by atoms with E-state index in [4.69, 9.17) is 4.74 Å². The number of nitrogens with one attached hydrogen (secondary N) is 1. The molecule has 1 saturated heterocycles. The number of hydrogen-bond acceptors (Lipinski definition) is 3. The average molecular weight is 279 g/mol. The zero-order valence-corrected chi connectivity index (χ0v) is 13.1. The quantitative estimate of drug-likeness (QED) is 0.830. The van der Waals surface area contributed by atoms with Gasteiger partial charge < -0.3 is 14.6 Å². The van der Waals surface area contributed by atoms with Crippen molar-refractivity contribution < 1.29 is 4.74 Å². The summed E-state index contributed by atoms with van der Waals surface area (Å²) in [6, 6.07) is 2.71. The van der Waals surface area contributed by atoms with Crippen LogP contribution in [0.15, 0.2) is 18.5 Å². The first-order chi connectivity index (χ1) is 9.76. The highest BCUT2D eigenvalue weighted by Crippen LogP contribution is 2.17. The van der Waals surface area contributed by atoms with Gasteiger partial charge >= 0.3 is 0 Å². The van der Waals surface area contributed by atoms with Crippen LogP contribution in [0.1, 0.15) is 38.8 Å². The van der Waals surface area contributed by atoms with E-state index in [0.717, 1.165) is 45.8 Å². The van der Waals surface area contributed by atoms with Gasteiger partial charge in [0.2, 0.25) is 0 Å². The zero-order chi connectivity index (χ0) is 14.4. The van der Waals surface area contributed by atoms with Crippen LogP contribution in [0.2, 0.25) is 0 Å². The van der Waals surface area contributed by atoms with E-state index in [0.29, 0.717) is 12.1 Å². The third kappa shape index (κ3) is 4.08. The summed E-state index contributed by atoms with van der Waals surface area (Å²) in [7, 11) is 0. The van der Waals surface area contributed by atoms with Crippen LogP contribution in [0.4, 0.5) is 0 Å². The number of hydrogen-bond donors (Lipinski definition) is 1. The Morgan fingerprint density at radius 2 is 2.25 bits per heavy atom. The van der Waals surface area contributed by atoms with E-state index in [1.54, 1.807) is 0 Å². The van der Waals surface area contributed by atoms with Gasteiger partial charge in [-0.25, -0.2) is 0 Å². The summed E-state index contributed by atoms with van der Waals surface area (Å²) in [6.45, 7) is 12.7. The molecule has 4 heteroatoms. The molecule has 0 radical (unpaired) electrons. The molecule has 0 saturated carbocycles. The fraction of sp³-hybridized carbons (Fsp3) is 0.750. The van der Waals surface area contributed by atoms with Gasteiger partial charge in [0.15, 0.2) is 0 Å². The normalized spacial score (nSPS) is 22.1. The van der Waals surface area contributed by atoms with E-state index in [-0.39, 0.29) is 0 Å². The van der Waals surface area contributed by atoms with E-state index in [9.17, 15) is 0 Å². The second-order valence-electron chi connectivity index (χ2n) is 5.55. The number of ether oxygens (including phenoxy) is 1. The maximum atomic E-state index is 5.88.